The van der Waals surface area contributed by atoms with Gasteiger partial charge in [0.25, 0.3) is 0 Å². The average Bonchev–Trinajstić information content (AvgIpc) is 1.83. The second-order valence-corrected chi connectivity index (χ2v) is 2.88. The lowest BCUT2D eigenvalue weighted by atomic mass is 9.99. The Morgan fingerprint density at radius 1 is 1.55 bits per heavy atom. The first-order valence-electron chi connectivity index (χ1n) is 3.86. The minimum Gasteiger partial charge on any atom is -0.315 e. The van der Waals surface area contributed by atoms with E-state index in [1.165, 1.54) is 5.69 Å². The van der Waals surface area contributed by atoms with Crippen molar-refractivity contribution in [3.63, 3.8) is 0 Å². The van der Waals surface area contributed by atoms with E-state index in [4.69, 9.17) is 0 Å². The van der Waals surface area contributed by atoms with Gasteiger partial charge >= 0.3 is 0 Å². The zero-order valence-electron chi connectivity index (χ0n) is 6.54. The molecule has 0 amide bonds. The first-order valence-corrected chi connectivity index (χ1v) is 3.86. The predicted molar refractivity (Wildman–Crippen MR) is 42.4 cm³/mol. The monoisotopic (exact) mass is 149 g/mol. The van der Waals surface area contributed by atoms with Crippen LogP contribution in [-0.2, 0) is 0 Å². The number of nitrogens with one attached hydrogen (secondary N) is 1. The van der Waals surface area contributed by atoms with Crippen LogP contribution in [-0.4, -0.2) is 23.1 Å². The molecule has 3 nitrogen and oxygen atoms in total. The normalized spacial score (nSPS) is 17.9. The topological polar surface area (TPSA) is 37.8 Å². The predicted octanol–water partition coefficient (Wildman–Crippen LogP) is 0.472. The summed E-state index contributed by atoms with van der Waals surface area (Å²) < 4.78 is 0. The Labute approximate surface area is 65.9 Å². The molecular weight excluding hydrogens is 138 g/mol. The van der Waals surface area contributed by atoms with Gasteiger partial charge in [-0.25, -0.2) is 9.97 Å². The first kappa shape index (κ1) is 6.73. The summed E-state index contributed by atoms with van der Waals surface area (Å²) >= 11 is 0. The van der Waals surface area contributed by atoms with Crippen molar-refractivity contribution in [2.45, 2.75) is 12.8 Å². The van der Waals surface area contributed by atoms with Crippen molar-refractivity contribution in [2.75, 3.05) is 13.1 Å². The summed E-state index contributed by atoms with van der Waals surface area (Å²) in [6, 6.07) is 2.00. The van der Waals surface area contributed by atoms with Crippen LogP contribution in [0.3, 0.4) is 0 Å². The Hall–Kier alpha value is -0.960. The van der Waals surface area contributed by atoms with Crippen LogP contribution >= 0.6 is 0 Å². The van der Waals surface area contributed by atoms with Crippen LogP contribution in [0.2, 0.25) is 0 Å². The molecule has 1 aromatic heterocycles. The van der Waals surface area contributed by atoms with Crippen molar-refractivity contribution < 1.29 is 0 Å². The van der Waals surface area contributed by atoms with Crippen molar-refractivity contribution in [1.82, 2.24) is 15.3 Å². The molecule has 2 heterocycles. The lowest BCUT2D eigenvalue weighted by molar-refractivity contribution is 0.438. The maximum atomic E-state index is 4.34. The van der Waals surface area contributed by atoms with Gasteiger partial charge in [-0.05, 0) is 13.0 Å². The maximum Gasteiger partial charge on any atom is 0.125 e. The Kier molecular flexibility index (Phi) is 1.58. The second kappa shape index (κ2) is 2.58. The smallest absolute Gasteiger partial charge is 0.125 e. The fourth-order valence-electron chi connectivity index (χ4n) is 1.20. The minimum atomic E-state index is 0.622. The van der Waals surface area contributed by atoms with Crippen LogP contribution < -0.4 is 5.32 Å². The van der Waals surface area contributed by atoms with E-state index >= 15 is 0 Å². The van der Waals surface area contributed by atoms with E-state index < -0.39 is 0 Å². The molecule has 0 aliphatic carbocycles. The van der Waals surface area contributed by atoms with Gasteiger partial charge in [-0.1, -0.05) is 0 Å². The van der Waals surface area contributed by atoms with Crippen molar-refractivity contribution in [3.05, 3.63) is 23.8 Å². The summed E-state index contributed by atoms with van der Waals surface area (Å²) in [5, 5.41) is 3.22. The molecule has 58 valence electrons. The zero-order chi connectivity index (χ0) is 7.68. The number of hydrogen-bond acceptors (Lipinski definition) is 3. The van der Waals surface area contributed by atoms with Crippen LogP contribution in [0.4, 0.5) is 0 Å². The molecular formula is C8H11N3. The second-order valence-electron chi connectivity index (χ2n) is 2.88. The van der Waals surface area contributed by atoms with Crippen molar-refractivity contribution in [3.8, 4) is 0 Å². The molecule has 2 rings (SSSR count). The fraction of sp³-hybridized carbons (Fsp3) is 0.500. The number of aromatic nitrogens is 2. The summed E-state index contributed by atoms with van der Waals surface area (Å²) in [6.07, 6.45) is 1.83. The van der Waals surface area contributed by atoms with Crippen molar-refractivity contribution in [1.29, 1.82) is 0 Å². The first-order chi connectivity index (χ1) is 5.36. The number of aryl methyl sites for hydroxylation is 1. The van der Waals surface area contributed by atoms with E-state index in [0.29, 0.717) is 5.92 Å². The molecule has 11 heavy (non-hydrogen) atoms. The Morgan fingerprint density at radius 3 is 2.91 bits per heavy atom. The third-order valence-electron chi connectivity index (χ3n) is 2.00. The summed E-state index contributed by atoms with van der Waals surface area (Å²) in [5.41, 5.74) is 1.18. The molecule has 1 saturated heterocycles. The van der Waals surface area contributed by atoms with E-state index in [0.717, 1.165) is 18.9 Å². The van der Waals surface area contributed by atoms with Gasteiger partial charge in [0.05, 0.1) is 0 Å². The molecule has 1 aromatic rings. The van der Waals surface area contributed by atoms with Gasteiger partial charge in [0, 0.05) is 30.9 Å². The largest absolute Gasteiger partial charge is 0.315 e. The summed E-state index contributed by atoms with van der Waals surface area (Å²) in [5.74, 6) is 1.49. The van der Waals surface area contributed by atoms with Gasteiger partial charge in [-0.3, -0.25) is 0 Å². The van der Waals surface area contributed by atoms with Gasteiger partial charge in [0.15, 0.2) is 0 Å². The highest BCUT2D eigenvalue weighted by atomic mass is 15.0. The molecule has 1 aliphatic heterocycles. The fourth-order valence-corrected chi connectivity index (χ4v) is 1.20. The highest BCUT2D eigenvalue weighted by molar-refractivity contribution is 5.12. The lowest BCUT2D eigenvalue weighted by Crippen LogP contribution is -2.40. The van der Waals surface area contributed by atoms with Gasteiger partial charge in [-0.15, -0.1) is 0 Å². The number of rotatable bonds is 1. The maximum absolute atomic E-state index is 4.34. The Balaban J connectivity index is 2.23. The Bertz CT molecular complexity index is 255. The third-order valence-corrected chi connectivity index (χ3v) is 2.00. The molecule has 1 fully saturated rings. The quantitative estimate of drug-likeness (QED) is 0.630. The molecule has 1 aliphatic rings. The molecule has 0 spiro atoms. The van der Waals surface area contributed by atoms with Crippen LogP contribution in [0.25, 0.3) is 0 Å². The van der Waals surface area contributed by atoms with Crippen molar-refractivity contribution >= 4 is 0 Å². The van der Waals surface area contributed by atoms with Crippen LogP contribution in [0.5, 0.6) is 0 Å². The van der Waals surface area contributed by atoms with Gasteiger partial charge in [-0.2, -0.15) is 0 Å². The van der Waals surface area contributed by atoms with E-state index in [-0.39, 0.29) is 0 Å². The third kappa shape index (κ3) is 1.24. The molecule has 0 bridgehead atoms. The molecule has 3 heteroatoms. The summed E-state index contributed by atoms with van der Waals surface area (Å²) in [7, 11) is 0. The van der Waals surface area contributed by atoms with Crippen LogP contribution in [0.15, 0.2) is 12.3 Å². The SMILES string of the molecule is Cc1nccc(C2CNC2)n1. The van der Waals surface area contributed by atoms with Crippen molar-refractivity contribution in [2.24, 2.45) is 0 Å². The minimum absolute atomic E-state index is 0.622. The van der Waals surface area contributed by atoms with Gasteiger partial charge in [0.1, 0.15) is 5.82 Å². The molecule has 0 unspecified atom stereocenters. The highest BCUT2D eigenvalue weighted by Gasteiger charge is 2.19. The van der Waals surface area contributed by atoms with E-state index in [1.54, 1.807) is 0 Å². The summed E-state index contributed by atoms with van der Waals surface area (Å²) in [6.45, 7) is 4.06. The molecule has 0 radical (unpaired) electrons. The number of nitrogens with zero attached hydrogens (tertiary/aromatic N) is 2. The Morgan fingerprint density at radius 2 is 2.36 bits per heavy atom. The molecule has 0 atom stereocenters. The average molecular weight is 149 g/mol. The highest BCUT2D eigenvalue weighted by Crippen LogP contribution is 2.16. The van der Waals surface area contributed by atoms with Crippen LogP contribution in [0, 0.1) is 6.92 Å². The van der Waals surface area contributed by atoms with Gasteiger partial charge < -0.3 is 5.32 Å². The summed E-state index contributed by atoms with van der Waals surface area (Å²) in [4.78, 5) is 8.39. The lowest BCUT2D eigenvalue weighted by Gasteiger charge is -2.26. The number of hydrogen-bond donors (Lipinski definition) is 1. The van der Waals surface area contributed by atoms with E-state index in [2.05, 4.69) is 15.3 Å². The molecule has 0 saturated carbocycles. The van der Waals surface area contributed by atoms with E-state index in [1.807, 2.05) is 19.2 Å². The van der Waals surface area contributed by atoms with Gasteiger partial charge in [0.2, 0.25) is 0 Å². The standard InChI is InChI=1S/C8H11N3/c1-6-10-3-2-8(11-6)7-4-9-5-7/h2-3,7,9H,4-5H2,1H3. The molecule has 0 aromatic carbocycles. The zero-order valence-corrected chi connectivity index (χ0v) is 6.54. The van der Waals surface area contributed by atoms with Crippen LogP contribution in [0.1, 0.15) is 17.4 Å². The molecule has 1 N–H and O–H groups in total. The van der Waals surface area contributed by atoms with E-state index in [9.17, 15) is 0 Å².